The molecule has 0 aromatic carbocycles. The lowest BCUT2D eigenvalue weighted by molar-refractivity contribution is 0.126. The molecule has 0 saturated carbocycles. The SMILES string of the molecule is O=C(NO)Oc1ccccn1. The van der Waals surface area contributed by atoms with Crippen LogP contribution in [-0.4, -0.2) is 16.3 Å². The molecule has 0 spiro atoms. The molecular weight excluding hydrogens is 148 g/mol. The summed E-state index contributed by atoms with van der Waals surface area (Å²) >= 11 is 0. The van der Waals surface area contributed by atoms with Gasteiger partial charge in [0.15, 0.2) is 0 Å². The maximum Gasteiger partial charge on any atom is 0.437 e. The minimum atomic E-state index is -0.955. The maximum absolute atomic E-state index is 10.4. The first kappa shape index (κ1) is 7.49. The minimum absolute atomic E-state index is 0.138. The number of rotatable bonds is 1. The zero-order valence-electron chi connectivity index (χ0n) is 5.52. The van der Waals surface area contributed by atoms with Gasteiger partial charge in [-0.1, -0.05) is 6.07 Å². The molecule has 0 fully saturated rings. The van der Waals surface area contributed by atoms with Crippen LogP contribution in [0.4, 0.5) is 4.79 Å². The van der Waals surface area contributed by atoms with E-state index in [9.17, 15) is 4.79 Å². The van der Waals surface area contributed by atoms with Gasteiger partial charge in [-0.05, 0) is 6.07 Å². The second-order valence-corrected chi connectivity index (χ2v) is 1.67. The molecule has 5 nitrogen and oxygen atoms in total. The van der Waals surface area contributed by atoms with Crippen molar-refractivity contribution in [2.24, 2.45) is 0 Å². The predicted octanol–water partition coefficient (Wildman–Crippen LogP) is 0.559. The third-order valence-electron chi connectivity index (χ3n) is 0.926. The Balaban J connectivity index is 2.58. The minimum Gasteiger partial charge on any atom is -0.390 e. The number of carbonyl (C=O) groups is 1. The fourth-order valence-electron chi connectivity index (χ4n) is 0.525. The largest absolute Gasteiger partial charge is 0.437 e. The first-order valence-corrected chi connectivity index (χ1v) is 2.86. The molecule has 1 heterocycles. The molecule has 58 valence electrons. The van der Waals surface area contributed by atoms with Gasteiger partial charge in [0, 0.05) is 12.3 Å². The molecule has 0 aliphatic carbocycles. The molecule has 1 aromatic heterocycles. The smallest absolute Gasteiger partial charge is 0.390 e. The van der Waals surface area contributed by atoms with Crippen molar-refractivity contribution in [3.63, 3.8) is 0 Å². The van der Waals surface area contributed by atoms with Crippen LogP contribution in [0.1, 0.15) is 0 Å². The van der Waals surface area contributed by atoms with E-state index in [2.05, 4.69) is 9.72 Å². The first-order valence-electron chi connectivity index (χ1n) is 2.86. The van der Waals surface area contributed by atoms with Crippen molar-refractivity contribution in [2.75, 3.05) is 0 Å². The molecule has 0 bridgehead atoms. The van der Waals surface area contributed by atoms with Crippen LogP contribution in [0.25, 0.3) is 0 Å². The van der Waals surface area contributed by atoms with E-state index in [0.717, 1.165) is 0 Å². The molecule has 0 saturated heterocycles. The summed E-state index contributed by atoms with van der Waals surface area (Å²) in [5.74, 6) is 0.138. The zero-order valence-corrected chi connectivity index (χ0v) is 5.52. The summed E-state index contributed by atoms with van der Waals surface area (Å²) < 4.78 is 4.45. The Kier molecular flexibility index (Phi) is 2.40. The van der Waals surface area contributed by atoms with Crippen molar-refractivity contribution in [3.8, 4) is 5.88 Å². The van der Waals surface area contributed by atoms with E-state index >= 15 is 0 Å². The summed E-state index contributed by atoms with van der Waals surface area (Å²) in [7, 11) is 0. The fourth-order valence-corrected chi connectivity index (χ4v) is 0.525. The van der Waals surface area contributed by atoms with Crippen LogP contribution in [0.5, 0.6) is 5.88 Å². The lowest BCUT2D eigenvalue weighted by Gasteiger charge is -1.98. The molecule has 1 aromatic rings. The average molecular weight is 154 g/mol. The Morgan fingerprint density at radius 1 is 1.64 bits per heavy atom. The summed E-state index contributed by atoms with van der Waals surface area (Å²) in [6.45, 7) is 0. The van der Waals surface area contributed by atoms with Gasteiger partial charge in [0.25, 0.3) is 0 Å². The number of hydroxylamine groups is 1. The zero-order chi connectivity index (χ0) is 8.10. The third kappa shape index (κ3) is 2.23. The van der Waals surface area contributed by atoms with E-state index in [1.54, 1.807) is 12.1 Å². The molecule has 0 aliphatic heterocycles. The summed E-state index contributed by atoms with van der Waals surface area (Å²) in [5, 5.41) is 8.04. The van der Waals surface area contributed by atoms with E-state index in [4.69, 9.17) is 5.21 Å². The molecule has 0 aliphatic rings. The highest BCUT2D eigenvalue weighted by Crippen LogP contribution is 2.02. The summed E-state index contributed by atoms with van der Waals surface area (Å²) in [4.78, 5) is 14.0. The standard InChI is InChI=1S/C6H6N2O3/c9-6(8-10)11-5-3-1-2-4-7-5/h1-4,10H,(H,8,9). The predicted molar refractivity (Wildman–Crippen MR) is 35.2 cm³/mol. The Bertz CT molecular complexity index is 237. The van der Waals surface area contributed by atoms with Crippen molar-refractivity contribution in [2.45, 2.75) is 0 Å². The molecule has 1 rings (SSSR count). The second kappa shape index (κ2) is 3.52. The highest BCUT2D eigenvalue weighted by Gasteiger charge is 2.00. The Labute approximate surface area is 62.6 Å². The molecule has 11 heavy (non-hydrogen) atoms. The van der Waals surface area contributed by atoms with Crippen LogP contribution in [0, 0.1) is 0 Å². The highest BCUT2D eigenvalue weighted by molar-refractivity contribution is 5.68. The summed E-state index contributed by atoms with van der Waals surface area (Å²) in [5.41, 5.74) is 1.31. The van der Waals surface area contributed by atoms with Gasteiger partial charge in [-0.25, -0.2) is 15.3 Å². The molecule has 0 unspecified atom stereocenters. The van der Waals surface area contributed by atoms with Crippen molar-refractivity contribution in [1.29, 1.82) is 0 Å². The van der Waals surface area contributed by atoms with E-state index < -0.39 is 6.09 Å². The van der Waals surface area contributed by atoms with Crippen molar-refractivity contribution in [3.05, 3.63) is 24.4 Å². The van der Waals surface area contributed by atoms with Crippen LogP contribution in [0.3, 0.4) is 0 Å². The number of hydrogen-bond donors (Lipinski definition) is 2. The van der Waals surface area contributed by atoms with Crippen molar-refractivity contribution < 1.29 is 14.7 Å². The molecule has 0 atom stereocenters. The van der Waals surface area contributed by atoms with Gasteiger partial charge in [-0.3, -0.25) is 5.21 Å². The topological polar surface area (TPSA) is 71.5 Å². The van der Waals surface area contributed by atoms with Gasteiger partial charge in [-0.15, -0.1) is 0 Å². The average Bonchev–Trinajstić information content (AvgIpc) is 2.06. The van der Waals surface area contributed by atoms with E-state index in [-0.39, 0.29) is 5.88 Å². The molecule has 2 N–H and O–H groups in total. The molecule has 5 heteroatoms. The number of amides is 1. The highest BCUT2D eigenvalue weighted by atomic mass is 16.6. The van der Waals surface area contributed by atoms with Gasteiger partial charge >= 0.3 is 6.09 Å². The number of pyridine rings is 1. The number of nitrogens with zero attached hydrogens (tertiary/aromatic N) is 1. The number of carbonyl (C=O) groups excluding carboxylic acids is 1. The quantitative estimate of drug-likeness (QED) is 0.458. The second-order valence-electron chi connectivity index (χ2n) is 1.67. The van der Waals surface area contributed by atoms with Gasteiger partial charge in [0.2, 0.25) is 5.88 Å². The van der Waals surface area contributed by atoms with Crippen LogP contribution >= 0.6 is 0 Å². The number of ether oxygens (including phenoxy) is 1. The Morgan fingerprint density at radius 3 is 3.00 bits per heavy atom. The number of hydrogen-bond acceptors (Lipinski definition) is 4. The summed E-state index contributed by atoms with van der Waals surface area (Å²) in [6, 6.07) is 4.84. The summed E-state index contributed by atoms with van der Waals surface area (Å²) in [6.07, 6.45) is 0.517. The van der Waals surface area contributed by atoms with Crippen LogP contribution in [-0.2, 0) is 0 Å². The van der Waals surface area contributed by atoms with Gasteiger partial charge in [0.1, 0.15) is 0 Å². The lowest BCUT2D eigenvalue weighted by Crippen LogP contribution is -2.23. The molecule has 1 amide bonds. The molecular formula is C6H6N2O3. The normalized spacial score (nSPS) is 8.82. The van der Waals surface area contributed by atoms with E-state index in [0.29, 0.717) is 0 Å². The fraction of sp³-hybridized carbons (Fsp3) is 0. The van der Waals surface area contributed by atoms with E-state index in [1.165, 1.54) is 17.7 Å². The number of aromatic nitrogens is 1. The van der Waals surface area contributed by atoms with Crippen LogP contribution in [0.15, 0.2) is 24.4 Å². The monoisotopic (exact) mass is 154 g/mol. The lowest BCUT2D eigenvalue weighted by atomic mass is 10.5. The van der Waals surface area contributed by atoms with Crippen molar-refractivity contribution >= 4 is 6.09 Å². The van der Waals surface area contributed by atoms with Gasteiger partial charge < -0.3 is 4.74 Å². The van der Waals surface area contributed by atoms with Gasteiger partial charge in [-0.2, -0.15) is 0 Å². The maximum atomic E-state index is 10.4. The Morgan fingerprint density at radius 2 is 2.45 bits per heavy atom. The molecule has 0 radical (unpaired) electrons. The van der Waals surface area contributed by atoms with Crippen molar-refractivity contribution in [1.82, 2.24) is 10.5 Å². The first-order chi connectivity index (χ1) is 5.33. The van der Waals surface area contributed by atoms with Crippen LogP contribution < -0.4 is 10.2 Å². The van der Waals surface area contributed by atoms with E-state index in [1.807, 2.05) is 0 Å². The third-order valence-corrected chi connectivity index (χ3v) is 0.926. The Hall–Kier alpha value is -1.62. The van der Waals surface area contributed by atoms with Gasteiger partial charge in [0.05, 0.1) is 0 Å². The number of nitrogens with one attached hydrogen (secondary N) is 1. The van der Waals surface area contributed by atoms with Crippen LogP contribution in [0.2, 0.25) is 0 Å².